The maximum Gasteiger partial charge on any atom is 0.0716 e. The second-order valence-electron chi connectivity index (χ2n) is 4.20. The summed E-state index contributed by atoms with van der Waals surface area (Å²) in [5, 5.41) is 16.1. The summed E-state index contributed by atoms with van der Waals surface area (Å²) in [7, 11) is 0. The Morgan fingerprint density at radius 1 is 1.47 bits per heavy atom. The molecule has 0 amide bonds. The second-order valence-corrected chi connectivity index (χ2v) is 5.97. The first-order valence-electron chi connectivity index (χ1n) is 5.56. The fourth-order valence-electron chi connectivity index (χ4n) is 1.88. The third-order valence-electron chi connectivity index (χ3n) is 2.89. The molecule has 0 aliphatic carbocycles. The summed E-state index contributed by atoms with van der Waals surface area (Å²) >= 11 is 6.85. The lowest BCUT2D eigenvalue weighted by Gasteiger charge is -2.14. The van der Waals surface area contributed by atoms with Crippen molar-refractivity contribution in [2.45, 2.75) is 12.6 Å². The Hall–Kier alpha value is -0.0100. The van der Waals surface area contributed by atoms with Crippen molar-refractivity contribution in [1.82, 2.24) is 15.6 Å². The van der Waals surface area contributed by atoms with E-state index in [1.807, 2.05) is 6.07 Å². The highest BCUT2D eigenvalue weighted by Crippen LogP contribution is 2.19. The summed E-state index contributed by atoms with van der Waals surface area (Å²) in [5.74, 6) is 0.296. The molecule has 1 aromatic rings. The van der Waals surface area contributed by atoms with Crippen LogP contribution < -0.4 is 10.6 Å². The lowest BCUT2D eigenvalue weighted by atomic mass is 10.1. The average Bonchev–Trinajstić information content (AvgIpc) is 2.68. The molecule has 1 aliphatic heterocycles. The minimum absolute atomic E-state index is 0.233. The highest BCUT2D eigenvalue weighted by atomic mass is 79.9. The van der Waals surface area contributed by atoms with Crippen LogP contribution in [0.1, 0.15) is 5.69 Å². The number of aliphatic hydroxyl groups is 1. The van der Waals surface area contributed by atoms with Gasteiger partial charge in [-0.2, -0.15) is 0 Å². The van der Waals surface area contributed by atoms with Crippen LogP contribution in [0.2, 0.25) is 0 Å². The zero-order chi connectivity index (χ0) is 12.3. The molecule has 1 fully saturated rings. The van der Waals surface area contributed by atoms with E-state index in [9.17, 15) is 5.11 Å². The third kappa shape index (κ3) is 3.72. The number of aromatic nitrogens is 1. The van der Waals surface area contributed by atoms with E-state index in [1.165, 1.54) is 0 Å². The van der Waals surface area contributed by atoms with Gasteiger partial charge in [0.1, 0.15) is 0 Å². The number of nitrogens with one attached hydrogen (secondary N) is 2. The van der Waals surface area contributed by atoms with E-state index in [4.69, 9.17) is 0 Å². The summed E-state index contributed by atoms with van der Waals surface area (Å²) in [6, 6.07) is 1.98. The van der Waals surface area contributed by atoms with Crippen molar-refractivity contribution < 1.29 is 5.11 Å². The van der Waals surface area contributed by atoms with E-state index in [-0.39, 0.29) is 6.10 Å². The number of rotatable bonds is 4. The topological polar surface area (TPSA) is 57.2 Å². The normalized spacial score (nSPS) is 24.2. The van der Waals surface area contributed by atoms with Crippen molar-refractivity contribution in [3.8, 4) is 0 Å². The van der Waals surface area contributed by atoms with Crippen LogP contribution in [0, 0.1) is 5.92 Å². The van der Waals surface area contributed by atoms with Gasteiger partial charge in [0.15, 0.2) is 0 Å². The minimum Gasteiger partial charge on any atom is -0.391 e. The first-order chi connectivity index (χ1) is 8.16. The Balaban J connectivity index is 1.81. The number of aliphatic hydroxyl groups excluding tert-OH is 1. The minimum atomic E-state index is -0.233. The molecule has 1 aromatic heterocycles. The summed E-state index contributed by atoms with van der Waals surface area (Å²) in [6.07, 6.45) is 1.55. The number of β-amino-alcohol motifs (C(OH)–C–C–N with tert-alkyl or cyclic N) is 1. The Morgan fingerprint density at radius 3 is 2.94 bits per heavy atom. The number of hydrogen-bond donors (Lipinski definition) is 3. The van der Waals surface area contributed by atoms with Crippen LogP contribution in [0.4, 0.5) is 0 Å². The van der Waals surface area contributed by atoms with Crippen molar-refractivity contribution in [3.63, 3.8) is 0 Å². The molecule has 2 heterocycles. The summed E-state index contributed by atoms with van der Waals surface area (Å²) in [4.78, 5) is 4.33. The zero-order valence-corrected chi connectivity index (χ0v) is 12.5. The number of halogens is 2. The van der Waals surface area contributed by atoms with Gasteiger partial charge < -0.3 is 15.7 Å². The molecule has 0 saturated carbocycles. The molecule has 94 valence electrons. The molecule has 2 rings (SSSR count). The number of pyridine rings is 1. The molecular formula is C11H15Br2N3O. The van der Waals surface area contributed by atoms with Crippen molar-refractivity contribution >= 4 is 31.9 Å². The quantitative estimate of drug-likeness (QED) is 0.753. The first-order valence-corrected chi connectivity index (χ1v) is 7.15. The molecular weight excluding hydrogens is 350 g/mol. The molecule has 6 heteroatoms. The van der Waals surface area contributed by atoms with E-state index in [1.54, 1.807) is 6.20 Å². The van der Waals surface area contributed by atoms with Gasteiger partial charge >= 0.3 is 0 Å². The Labute approximate surface area is 117 Å². The maximum absolute atomic E-state index is 9.64. The van der Waals surface area contributed by atoms with Gasteiger partial charge in [-0.1, -0.05) is 0 Å². The van der Waals surface area contributed by atoms with E-state index in [0.717, 1.165) is 27.7 Å². The highest BCUT2D eigenvalue weighted by Gasteiger charge is 2.24. The van der Waals surface area contributed by atoms with Crippen LogP contribution in [0.3, 0.4) is 0 Å². The lowest BCUT2D eigenvalue weighted by molar-refractivity contribution is 0.146. The first kappa shape index (κ1) is 13.4. The monoisotopic (exact) mass is 363 g/mol. The van der Waals surface area contributed by atoms with Gasteiger partial charge in [-0.05, 0) is 37.9 Å². The predicted molar refractivity (Wildman–Crippen MR) is 73.7 cm³/mol. The Morgan fingerprint density at radius 2 is 2.29 bits per heavy atom. The van der Waals surface area contributed by atoms with Crippen molar-refractivity contribution in [2.75, 3.05) is 19.6 Å². The van der Waals surface area contributed by atoms with E-state index in [0.29, 0.717) is 19.0 Å². The van der Waals surface area contributed by atoms with Crippen LogP contribution >= 0.6 is 31.9 Å². The molecule has 0 radical (unpaired) electrons. The molecule has 2 unspecified atom stereocenters. The van der Waals surface area contributed by atoms with Gasteiger partial charge in [-0.15, -0.1) is 0 Å². The van der Waals surface area contributed by atoms with Crippen molar-refractivity contribution in [3.05, 3.63) is 26.9 Å². The SMILES string of the molecule is OC1CNCC1CNCc1ncc(Br)cc1Br. The van der Waals surface area contributed by atoms with Gasteiger partial charge in [-0.25, -0.2) is 0 Å². The summed E-state index contributed by atoms with van der Waals surface area (Å²) < 4.78 is 1.95. The molecule has 1 saturated heterocycles. The van der Waals surface area contributed by atoms with Crippen LogP contribution in [-0.2, 0) is 6.54 Å². The fraction of sp³-hybridized carbons (Fsp3) is 0.545. The smallest absolute Gasteiger partial charge is 0.0716 e. The predicted octanol–water partition coefficient (Wildman–Crippen LogP) is 1.28. The van der Waals surface area contributed by atoms with Crippen molar-refractivity contribution in [2.24, 2.45) is 5.92 Å². The van der Waals surface area contributed by atoms with Gasteiger partial charge in [0, 0.05) is 47.2 Å². The van der Waals surface area contributed by atoms with Gasteiger partial charge in [0.25, 0.3) is 0 Å². The van der Waals surface area contributed by atoms with Gasteiger partial charge in [0.2, 0.25) is 0 Å². The summed E-state index contributed by atoms with van der Waals surface area (Å²) in [6.45, 7) is 3.09. The fourth-order valence-corrected chi connectivity index (χ4v) is 3.00. The highest BCUT2D eigenvalue weighted by molar-refractivity contribution is 9.11. The van der Waals surface area contributed by atoms with E-state index in [2.05, 4.69) is 47.5 Å². The van der Waals surface area contributed by atoms with Gasteiger partial charge in [0.05, 0.1) is 11.8 Å². The van der Waals surface area contributed by atoms with Gasteiger partial charge in [-0.3, -0.25) is 4.98 Å². The van der Waals surface area contributed by atoms with Crippen LogP contribution in [0.25, 0.3) is 0 Å². The van der Waals surface area contributed by atoms with Crippen LogP contribution in [0.5, 0.6) is 0 Å². The van der Waals surface area contributed by atoms with E-state index < -0.39 is 0 Å². The molecule has 0 aromatic carbocycles. The Bertz CT molecular complexity index is 389. The second kappa shape index (κ2) is 6.24. The number of nitrogens with zero attached hydrogens (tertiary/aromatic N) is 1. The Kier molecular flexibility index (Phi) is 4.93. The summed E-state index contributed by atoms with van der Waals surface area (Å²) in [5.41, 5.74) is 0.980. The standard InChI is InChI=1S/C11H15Br2N3O/c12-8-1-9(13)10(16-4-8)5-14-2-7-3-15-6-11(7)17/h1,4,7,11,14-15,17H,2-3,5-6H2. The van der Waals surface area contributed by atoms with Crippen LogP contribution in [-0.4, -0.2) is 35.8 Å². The molecule has 17 heavy (non-hydrogen) atoms. The molecule has 1 aliphatic rings. The molecule has 0 spiro atoms. The maximum atomic E-state index is 9.64. The largest absolute Gasteiger partial charge is 0.391 e. The zero-order valence-electron chi connectivity index (χ0n) is 9.29. The molecule has 3 N–H and O–H groups in total. The van der Waals surface area contributed by atoms with Crippen molar-refractivity contribution in [1.29, 1.82) is 0 Å². The number of hydrogen-bond acceptors (Lipinski definition) is 4. The molecule has 0 bridgehead atoms. The van der Waals surface area contributed by atoms with E-state index >= 15 is 0 Å². The molecule has 4 nitrogen and oxygen atoms in total. The lowest BCUT2D eigenvalue weighted by Crippen LogP contribution is -2.30. The third-order valence-corrected chi connectivity index (χ3v) is 4.01. The van der Waals surface area contributed by atoms with Crippen LogP contribution in [0.15, 0.2) is 21.2 Å². The molecule has 2 atom stereocenters. The average molecular weight is 365 g/mol.